The minimum absolute atomic E-state index is 0.924. The summed E-state index contributed by atoms with van der Waals surface area (Å²) in [6.45, 7) is 4.01. The summed E-state index contributed by atoms with van der Waals surface area (Å²) in [7, 11) is 0. The van der Waals surface area contributed by atoms with Crippen molar-refractivity contribution >= 4 is 5.69 Å². The monoisotopic (exact) mass is 215 g/mol. The molecule has 3 nitrogen and oxygen atoms in total. The first-order valence-corrected chi connectivity index (χ1v) is 5.69. The van der Waals surface area contributed by atoms with Crippen LogP contribution in [0.3, 0.4) is 0 Å². The zero-order valence-corrected chi connectivity index (χ0v) is 9.56. The molecule has 0 unspecified atom stereocenters. The summed E-state index contributed by atoms with van der Waals surface area (Å²) in [4.78, 5) is 4.30. The summed E-state index contributed by atoms with van der Waals surface area (Å²) >= 11 is 0. The molecular formula is C13H17N3. The lowest BCUT2D eigenvalue weighted by molar-refractivity contribution is 0.681. The molecular weight excluding hydrogens is 198 g/mol. The molecule has 16 heavy (non-hydrogen) atoms. The Balaban J connectivity index is 1.85. The van der Waals surface area contributed by atoms with Gasteiger partial charge in [0.2, 0.25) is 0 Å². The Hall–Kier alpha value is -1.77. The van der Waals surface area contributed by atoms with Gasteiger partial charge in [0.05, 0.1) is 0 Å². The van der Waals surface area contributed by atoms with E-state index in [4.69, 9.17) is 0 Å². The quantitative estimate of drug-likeness (QED) is 0.830. The van der Waals surface area contributed by atoms with E-state index in [1.807, 2.05) is 30.6 Å². The molecule has 0 saturated heterocycles. The van der Waals surface area contributed by atoms with Crippen LogP contribution < -0.4 is 5.32 Å². The van der Waals surface area contributed by atoms with Crippen LogP contribution in [0, 0.1) is 0 Å². The first kappa shape index (κ1) is 10.7. The Bertz CT molecular complexity index is 420. The summed E-state index contributed by atoms with van der Waals surface area (Å²) in [5.74, 6) is 1.15. The number of aromatic nitrogens is 2. The highest BCUT2D eigenvalue weighted by Crippen LogP contribution is 2.05. The largest absolute Gasteiger partial charge is 0.383 e. The summed E-state index contributed by atoms with van der Waals surface area (Å²) in [6, 6.07) is 10.3. The van der Waals surface area contributed by atoms with Crippen molar-refractivity contribution in [3.8, 4) is 0 Å². The third-order valence-corrected chi connectivity index (χ3v) is 2.57. The number of nitrogens with one attached hydrogen (secondary N) is 1. The molecule has 0 bridgehead atoms. The summed E-state index contributed by atoms with van der Waals surface area (Å²) in [5, 5.41) is 3.39. The smallest absolute Gasteiger partial charge is 0.108 e. The molecule has 0 atom stereocenters. The van der Waals surface area contributed by atoms with E-state index in [1.54, 1.807) is 0 Å². The third-order valence-electron chi connectivity index (χ3n) is 2.57. The number of rotatable bonds is 5. The highest BCUT2D eigenvalue weighted by Gasteiger charge is 1.98. The van der Waals surface area contributed by atoms with Crippen LogP contribution in [0.5, 0.6) is 0 Å². The number of nitrogens with zero attached hydrogens (tertiary/aromatic N) is 2. The number of benzene rings is 1. The second-order valence-electron chi connectivity index (χ2n) is 3.68. The lowest BCUT2D eigenvalue weighted by atomic mass is 10.3. The topological polar surface area (TPSA) is 29.9 Å². The van der Waals surface area contributed by atoms with E-state index in [9.17, 15) is 0 Å². The number of aryl methyl sites for hydroxylation is 1. The fourth-order valence-electron chi connectivity index (χ4n) is 1.73. The van der Waals surface area contributed by atoms with Gasteiger partial charge in [-0.05, 0) is 12.1 Å². The molecule has 0 spiro atoms. The SMILES string of the molecule is CCc1nccn1CCNc1ccccc1. The van der Waals surface area contributed by atoms with Gasteiger partial charge in [-0.1, -0.05) is 25.1 Å². The van der Waals surface area contributed by atoms with E-state index in [0.29, 0.717) is 0 Å². The van der Waals surface area contributed by atoms with Crippen LogP contribution in [-0.2, 0) is 13.0 Å². The van der Waals surface area contributed by atoms with Crippen LogP contribution >= 0.6 is 0 Å². The van der Waals surface area contributed by atoms with E-state index in [2.05, 4.69) is 33.9 Å². The van der Waals surface area contributed by atoms with Gasteiger partial charge >= 0.3 is 0 Å². The lowest BCUT2D eigenvalue weighted by Crippen LogP contribution is -2.11. The van der Waals surface area contributed by atoms with Crippen LogP contribution in [0.15, 0.2) is 42.7 Å². The minimum Gasteiger partial charge on any atom is -0.383 e. The van der Waals surface area contributed by atoms with Crippen LogP contribution in [0.4, 0.5) is 5.69 Å². The van der Waals surface area contributed by atoms with Gasteiger partial charge in [0.1, 0.15) is 5.82 Å². The number of anilines is 1. The van der Waals surface area contributed by atoms with Crippen molar-refractivity contribution in [3.05, 3.63) is 48.5 Å². The second-order valence-corrected chi connectivity index (χ2v) is 3.68. The van der Waals surface area contributed by atoms with Gasteiger partial charge < -0.3 is 9.88 Å². The van der Waals surface area contributed by atoms with Crippen molar-refractivity contribution in [1.29, 1.82) is 0 Å². The normalized spacial score (nSPS) is 10.3. The van der Waals surface area contributed by atoms with Crippen LogP contribution in [0.2, 0.25) is 0 Å². The number of imidazole rings is 1. The Kier molecular flexibility index (Phi) is 3.59. The lowest BCUT2D eigenvalue weighted by Gasteiger charge is -2.08. The van der Waals surface area contributed by atoms with Crippen molar-refractivity contribution in [3.63, 3.8) is 0 Å². The fraction of sp³-hybridized carbons (Fsp3) is 0.308. The Morgan fingerprint density at radius 2 is 2.06 bits per heavy atom. The fourth-order valence-corrected chi connectivity index (χ4v) is 1.73. The molecule has 1 N–H and O–H groups in total. The van der Waals surface area contributed by atoms with Crippen LogP contribution in [-0.4, -0.2) is 16.1 Å². The Morgan fingerprint density at radius 1 is 1.25 bits per heavy atom. The molecule has 2 aromatic rings. The highest BCUT2D eigenvalue weighted by molar-refractivity contribution is 5.42. The van der Waals surface area contributed by atoms with Crippen LogP contribution in [0.25, 0.3) is 0 Å². The maximum absolute atomic E-state index is 4.30. The predicted molar refractivity (Wildman–Crippen MR) is 66.5 cm³/mol. The van der Waals surface area contributed by atoms with Gasteiger partial charge in [0.15, 0.2) is 0 Å². The van der Waals surface area contributed by atoms with Gasteiger partial charge in [-0.25, -0.2) is 4.98 Å². The molecule has 0 aliphatic rings. The average molecular weight is 215 g/mol. The molecule has 0 aliphatic heterocycles. The summed E-state index contributed by atoms with van der Waals surface area (Å²) < 4.78 is 2.19. The molecule has 0 amide bonds. The van der Waals surface area contributed by atoms with Crippen molar-refractivity contribution in [2.24, 2.45) is 0 Å². The Morgan fingerprint density at radius 3 is 2.81 bits per heavy atom. The molecule has 3 heteroatoms. The zero-order chi connectivity index (χ0) is 11.2. The van der Waals surface area contributed by atoms with Crippen molar-refractivity contribution < 1.29 is 0 Å². The first-order valence-electron chi connectivity index (χ1n) is 5.69. The molecule has 2 rings (SSSR count). The number of para-hydroxylation sites is 1. The van der Waals surface area contributed by atoms with Crippen LogP contribution in [0.1, 0.15) is 12.7 Å². The van der Waals surface area contributed by atoms with Gasteiger partial charge in [-0.3, -0.25) is 0 Å². The average Bonchev–Trinajstić information content (AvgIpc) is 2.78. The molecule has 1 heterocycles. The van der Waals surface area contributed by atoms with Gasteiger partial charge in [-0.15, -0.1) is 0 Å². The molecule has 1 aromatic heterocycles. The molecule has 0 fully saturated rings. The van der Waals surface area contributed by atoms with E-state index in [1.165, 1.54) is 5.69 Å². The van der Waals surface area contributed by atoms with Gasteiger partial charge in [0.25, 0.3) is 0 Å². The molecule has 84 valence electrons. The third kappa shape index (κ3) is 2.63. The molecule has 0 radical (unpaired) electrons. The highest BCUT2D eigenvalue weighted by atomic mass is 15.1. The molecule has 0 saturated carbocycles. The standard InChI is InChI=1S/C13H17N3/c1-2-13-15-9-11-16(13)10-8-14-12-6-4-3-5-7-12/h3-7,9,11,14H,2,8,10H2,1H3. The molecule has 1 aromatic carbocycles. The maximum atomic E-state index is 4.30. The molecule has 0 aliphatic carbocycles. The maximum Gasteiger partial charge on any atom is 0.108 e. The van der Waals surface area contributed by atoms with Crippen molar-refractivity contribution in [1.82, 2.24) is 9.55 Å². The predicted octanol–water partition coefficient (Wildman–Crippen LogP) is 2.56. The second kappa shape index (κ2) is 5.35. The summed E-state index contributed by atoms with van der Waals surface area (Å²) in [5.41, 5.74) is 1.17. The van der Waals surface area contributed by atoms with Gasteiger partial charge in [0, 0.05) is 37.6 Å². The van der Waals surface area contributed by atoms with E-state index in [0.717, 1.165) is 25.3 Å². The van der Waals surface area contributed by atoms with E-state index >= 15 is 0 Å². The van der Waals surface area contributed by atoms with Gasteiger partial charge in [-0.2, -0.15) is 0 Å². The minimum atomic E-state index is 0.924. The number of hydrogen-bond donors (Lipinski definition) is 1. The van der Waals surface area contributed by atoms with Crippen molar-refractivity contribution in [2.75, 3.05) is 11.9 Å². The van der Waals surface area contributed by atoms with E-state index < -0.39 is 0 Å². The first-order chi connectivity index (χ1) is 7.90. The Labute approximate surface area is 96.1 Å². The van der Waals surface area contributed by atoms with E-state index in [-0.39, 0.29) is 0 Å². The zero-order valence-electron chi connectivity index (χ0n) is 9.56. The summed E-state index contributed by atoms with van der Waals surface area (Å²) in [6.07, 6.45) is 4.88. The number of hydrogen-bond acceptors (Lipinski definition) is 2. The van der Waals surface area contributed by atoms with Crippen molar-refractivity contribution in [2.45, 2.75) is 19.9 Å².